The quantitative estimate of drug-likeness (QED) is 0.619. The van der Waals surface area contributed by atoms with Crippen molar-refractivity contribution in [3.05, 3.63) is 46.5 Å². The van der Waals surface area contributed by atoms with Crippen molar-refractivity contribution in [3.63, 3.8) is 0 Å². The Morgan fingerprint density at radius 2 is 1.93 bits per heavy atom. The number of aryl methyl sites for hydroxylation is 3. The number of unbranched alkanes of at least 4 members (excludes halogenated alkanes) is 1. The molecule has 3 heterocycles. The van der Waals surface area contributed by atoms with Gasteiger partial charge in [0.2, 0.25) is 0 Å². The minimum atomic E-state index is -0.152. The van der Waals surface area contributed by atoms with Crippen molar-refractivity contribution in [2.75, 3.05) is 6.54 Å². The fourth-order valence-electron chi connectivity index (χ4n) is 3.33. The van der Waals surface area contributed by atoms with E-state index in [1.165, 1.54) is 0 Å². The van der Waals surface area contributed by atoms with E-state index in [2.05, 4.69) is 31.1 Å². The van der Waals surface area contributed by atoms with Crippen LogP contribution in [0.4, 0.5) is 0 Å². The van der Waals surface area contributed by atoms with Gasteiger partial charge in [-0.1, -0.05) is 20.8 Å². The fraction of sp³-hybridized carbons (Fsp3) is 0.524. The third-order valence-electron chi connectivity index (χ3n) is 4.75. The molecule has 0 radical (unpaired) electrons. The van der Waals surface area contributed by atoms with Crippen molar-refractivity contribution in [3.8, 4) is 0 Å². The number of aromatic nitrogens is 5. The van der Waals surface area contributed by atoms with E-state index in [0.29, 0.717) is 18.8 Å². The van der Waals surface area contributed by atoms with E-state index in [9.17, 15) is 9.59 Å². The van der Waals surface area contributed by atoms with E-state index in [0.717, 1.165) is 36.1 Å². The van der Waals surface area contributed by atoms with E-state index in [-0.39, 0.29) is 17.0 Å². The average Bonchev–Trinajstić information content (AvgIpc) is 3.18. The maximum Gasteiger partial charge on any atom is 0.330 e. The number of pyridine rings is 1. The number of nitrogens with one attached hydrogen (secondary N) is 1. The van der Waals surface area contributed by atoms with Crippen LogP contribution in [0.15, 0.2) is 29.5 Å². The summed E-state index contributed by atoms with van der Waals surface area (Å²) in [6.07, 6.45) is 5.86. The third-order valence-corrected chi connectivity index (χ3v) is 4.75. The Kier molecular flexibility index (Phi) is 5.91. The molecule has 0 aromatic carbocycles. The van der Waals surface area contributed by atoms with Crippen LogP contribution < -0.4 is 11.0 Å². The van der Waals surface area contributed by atoms with Crippen LogP contribution >= 0.6 is 0 Å². The molecule has 0 saturated heterocycles. The van der Waals surface area contributed by atoms with Gasteiger partial charge in [0.25, 0.3) is 5.91 Å². The number of fused-ring (bicyclic) bond motifs is 1. The number of nitrogens with zero attached hydrogens (tertiary/aromatic N) is 5. The average molecular weight is 399 g/mol. The summed E-state index contributed by atoms with van der Waals surface area (Å²) in [5, 5.41) is 2.89. The summed E-state index contributed by atoms with van der Waals surface area (Å²) in [6.45, 7) is 7.60. The third kappa shape index (κ3) is 4.93. The van der Waals surface area contributed by atoms with Gasteiger partial charge in [-0.05, 0) is 36.8 Å². The molecule has 0 bridgehead atoms. The second-order valence-electron chi connectivity index (χ2n) is 8.77. The van der Waals surface area contributed by atoms with Crippen LogP contribution in [0, 0.1) is 5.41 Å². The molecule has 0 fully saturated rings. The highest BCUT2D eigenvalue weighted by atomic mass is 16.2. The standard InChI is InChI=1S/C21H30N6O2/c1-21(2,3)13-27-17-10-9-15(24-18(17)26(5)20(27)29)8-6-7-11-22-19(28)16-12-25(4)14-23-16/h9-10,12,14H,6-8,11,13H2,1-5H3,(H,22,28). The Labute approximate surface area is 170 Å². The molecule has 0 aliphatic rings. The number of amides is 1. The van der Waals surface area contributed by atoms with E-state index < -0.39 is 0 Å². The highest BCUT2D eigenvalue weighted by molar-refractivity contribution is 5.91. The maximum absolute atomic E-state index is 12.6. The van der Waals surface area contributed by atoms with E-state index >= 15 is 0 Å². The number of rotatable bonds is 7. The van der Waals surface area contributed by atoms with Crippen LogP contribution in [-0.4, -0.2) is 36.1 Å². The van der Waals surface area contributed by atoms with Crippen molar-refractivity contribution < 1.29 is 4.79 Å². The lowest BCUT2D eigenvalue weighted by atomic mass is 9.97. The molecule has 156 valence electrons. The molecule has 1 N–H and O–H groups in total. The predicted octanol–water partition coefficient (Wildman–Crippen LogP) is 2.27. The molecule has 29 heavy (non-hydrogen) atoms. The van der Waals surface area contributed by atoms with Gasteiger partial charge < -0.3 is 9.88 Å². The fourth-order valence-corrected chi connectivity index (χ4v) is 3.33. The molecule has 0 atom stereocenters. The zero-order valence-electron chi connectivity index (χ0n) is 17.9. The molecular weight excluding hydrogens is 368 g/mol. The van der Waals surface area contributed by atoms with Crippen LogP contribution in [-0.2, 0) is 27.1 Å². The monoisotopic (exact) mass is 398 g/mol. The van der Waals surface area contributed by atoms with Crippen LogP contribution in [0.2, 0.25) is 0 Å². The van der Waals surface area contributed by atoms with E-state index in [4.69, 9.17) is 4.98 Å². The van der Waals surface area contributed by atoms with Gasteiger partial charge >= 0.3 is 5.69 Å². The summed E-state index contributed by atoms with van der Waals surface area (Å²) >= 11 is 0. The summed E-state index contributed by atoms with van der Waals surface area (Å²) in [6, 6.07) is 3.99. The van der Waals surface area contributed by atoms with Crippen molar-refractivity contribution >= 4 is 17.1 Å². The van der Waals surface area contributed by atoms with Crippen LogP contribution in [0.5, 0.6) is 0 Å². The summed E-state index contributed by atoms with van der Waals surface area (Å²) < 4.78 is 5.18. The summed E-state index contributed by atoms with van der Waals surface area (Å²) in [4.78, 5) is 33.3. The van der Waals surface area contributed by atoms with Crippen LogP contribution in [0.25, 0.3) is 11.2 Å². The molecule has 3 rings (SSSR count). The second kappa shape index (κ2) is 8.23. The molecule has 8 heteroatoms. The SMILES string of the molecule is Cn1cnc(C(=O)NCCCCc2ccc3c(n2)n(C)c(=O)n3CC(C)(C)C)c1. The predicted molar refractivity (Wildman–Crippen MR) is 113 cm³/mol. The second-order valence-corrected chi connectivity index (χ2v) is 8.77. The Bertz CT molecular complexity index is 1070. The van der Waals surface area contributed by atoms with Gasteiger partial charge in [0.1, 0.15) is 5.69 Å². The van der Waals surface area contributed by atoms with Crippen molar-refractivity contribution in [2.45, 2.75) is 46.6 Å². The summed E-state index contributed by atoms with van der Waals surface area (Å²) in [5.74, 6) is -0.152. The lowest BCUT2D eigenvalue weighted by Crippen LogP contribution is -2.27. The van der Waals surface area contributed by atoms with Crippen molar-refractivity contribution in [2.24, 2.45) is 19.5 Å². The maximum atomic E-state index is 12.6. The number of imidazole rings is 2. The largest absolute Gasteiger partial charge is 0.351 e. The zero-order chi connectivity index (χ0) is 21.2. The van der Waals surface area contributed by atoms with Gasteiger partial charge in [-0.3, -0.25) is 13.9 Å². The molecule has 3 aromatic heterocycles. The summed E-state index contributed by atoms with van der Waals surface area (Å²) in [7, 11) is 3.61. The van der Waals surface area contributed by atoms with Gasteiger partial charge in [-0.2, -0.15) is 0 Å². The first-order valence-corrected chi connectivity index (χ1v) is 9.97. The van der Waals surface area contributed by atoms with Gasteiger partial charge in [-0.25, -0.2) is 14.8 Å². The van der Waals surface area contributed by atoms with Gasteiger partial charge in [0.05, 0.1) is 11.8 Å². The molecule has 0 aliphatic carbocycles. The number of hydrogen-bond acceptors (Lipinski definition) is 4. The van der Waals surface area contributed by atoms with Gasteiger partial charge in [-0.15, -0.1) is 0 Å². The highest BCUT2D eigenvalue weighted by Gasteiger charge is 2.18. The Morgan fingerprint density at radius 3 is 2.59 bits per heavy atom. The van der Waals surface area contributed by atoms with E-state index in [1.807, 2.05) is 19.2 Å². The Hall–Kier alpha value is -2.90. The number of hydrogen-bond donors (Lipinski definition) is 1. The summed E-state index contributed by atoms with van der Waals surface area (Å²) in [5.41, 5.74) is 2.96. The first-order valence-electron chi connectivity index (χ1n) is 9.97. The number of carbonyl (C=O) groups excluding carboxylic acids is 1. The minimum Gasteiger partial charge on any atom is -0.351 e. The first kappa shape index (κ1) is 20.8. The van der Waals surface area contributed by atoms with Crippen LogP contribution in [0.1, 0.15) is 49.8 Å². The Morgan fingerprint density at radius 1 is 1.17 bits per heavy atom. The molecule has 0 aliphatic heterocycles. The van der Waals surface area contributed by atoms with Crippen molar-refractivity contribution in [1.82, 2.24) is 29.0 Å². The first-order chi connectivity index (χ1) is 13.7. The number of carbonyl (C=O) groups is 1. The molecule has 0 saturated carbocycles. The molecule has 3 aromatic rings. The van der Waals surface area contributed by atoms with Gasteiger partial charge in [0, 0.05) is 39.1 Å². The van der Waals surface area contributed by atoms with Gasteiger partial charge in [0.15, 0.2) is 5.65 Å². The smallest absolute Gasteiger partial charge is 0.330 e. The van der Waals surface area contributed by atoms with Crippen LogP contribution in [0.3, 0.4) is 0 Å². The molecule has 1 amide bonds. The molecule has 0 spiro atoms. The topological polar surface area (TPSA) is 86.7 Å². The van der Waals surface area contributed by atoms with E-state index in [1.54, 1.807) is 33.3 Å². The highest BCUT2D eigenvalue weighted by Crippen LogP contribution is 2.19. The lowest BCUT2D eigenvalue weighted by Gasteiger charge is -2.18. The molecular formula is C21H30N6O2. The normalized spacial score (nSPS) is 11.9. The molecule has 8 nitrogen and oxygen atoms in total. The zero-order valence-corrected chi connectivity index (χ0v) is 17.9. The van der Waals surface area contributed by atoms with Crippen molar-refractivity contribution in [1.29, 1.82) is 0 Å². The lowest BCUT2D eigenvalue weighted by molar-refractivity contribution is 0.0948. The Balaban J connectivity index is 1.58. The minimum absolute atomic E-state index is 0.0104. The molecule has 0 unspecified atom stereocenters.